The first kappa shape index (κ1) is 27.5. The number of nitrogens with zero attached hydrogens (tertiary/aromatic N) is 3. The number of nitrogens with one attached hydrogen (secondary N) is 2. The van der Waals surface area contributed by atoms with Crippen molar-refractivity contribution in [3.63, 3.8) is 0 Å². The molecule has 2 aliphatic carbocycles. The van der Waals surface area contributed by atoms with E-state index in [9.17, 15) is 26.4 Å². The minimum Gasteiger partial charge on any atom is -0.333 e. The maximum absolute atomic E-state index is 14.4. The molecule has 216 valence electrons. The monoisotopic (exact) mass is 581 g/mol. The van der Waals surface area contributed by atoms with Crippen molar-refractivity contribution in [2.45, 2.75) is 99.8 Å². The Balaban J connectivity index is 1.12. The van der Waals surface area contributed by atoms with Gasteiger partial charge in [0.05, 0.1) is 29.1 Å². The summed E-state index contributed by atoms with van der Waals surface area (Å²) < 4.78 is 67.8. The van der Waals surface area contributed by atoms with Crippen LogP contribution in [-0.2, 0) is 14.6 Å². The van der Waals surface area contributed by atoms with E-state index in [0.717, 1.165) is 37.3 Å². The molecule has 6 aliphatic rings. The van der Waals surface area contributed by atoms with Crippen LogP contribution in [0.2, 0.25) is 0 Å². The molecule has 13 heteroatoms. The number of amides is 1. The summed E-state index contributed by atoms with van der Waals surface area (Å²) in [6.07, 6.45) is 1.96. The molecule has 2 saturated carbocycles. The summed E-state index contributed by atoms with van der Waals surface area (Å²) in [4.78, 5) is 16.7. The molecule has 8 nitrogen and oxygen atoms in total. The first-order valence-electron chi connectivity index (χ1n) is 14.1. The first-order valence-corrected chi connectivity index (χ1v) is 16.4. The number of fused-ring (bicyclic) bond motifs is 3. The van der Waals surface area contributed by atoms with Crippen molar-refractivity contribution in [3.8, 4) is 0 Å². The van der Waals surface area contributed by atoms with Gasteiger partial charge in [-0.2, -0.15) is 13.2 Å². The molecule has 6 rings (SSSR count). The molecule has 4 aliphatic heterocycles. The molecule has 0 aromatic carbocycles. The molecule has 0 aromatic heterocycles. The molecule has 1 amide bonds. The third kappa shape index (κ3) is 4.89. The summed E-state index contributed by atoms with van der Waals surface area (Å²) in [5.74, 6) is -2.57. The number of hydrazine groups is 1. The molecule has 0 bridgehead atoms. The van der Waals surface area contributed by atoms with Crippen LogP contribution < -0.4 is 10.7 Å². The van der Waals surface area contributed by atoms with E-state index in [0.29, 0.717) is 44.6 Å². The Bertz CT molecular complexity index is 1040. The fourth-order valence-corrected chi connectivity index (χ4v) is 11.2. The van der Waals surface area contributed by atoms with Crippen LogP contribution in [0.25, 0.3) is 0 Å². The van der Waals surface area contributed by atoms with Gasteiger partial charge in [-0.25, -0.2) is 18.9 Å². The minimum atomic E-state index is -4.56. The Kier molecular flexibility index (Phi) is 7.03. The average molecular weight is 582 g/mol. The van der Waals surface area contributed by atoms with Crippen LogP contribution in [0.5, 0.6) is 0 Å². The van der Waals surface area contributed by atoms with Gasteiger partial charge in [-0.3, -0.25) is 15.0 Å². The van der Waals surface area contributed by atoms with E-state index in [4.69, 9.17) is 11.6 Å². The highest BCUT2D eigenvalue weighted by Gasteiger charge is 2.62. The van der Waals surface area contributed by atoms with Crippen molar-refractivity contribution < 1.29 is 26.4 Å². The Morgan fingerprint density at radius 1 is 1.13 bits per heavy atom. The summed E-state index contributed by atoms with van der Waals surface area (Å²) >= 11 is 6.35. The van der Waals surface area contributed by atoms with E-state index in [1.54, 1.807) is 0 Å². The maximum atomic E-state index is 14.4. The summed E-state index contributed by atoms with van der Waals surface area (Å²) in [7, 11) is -2.16. The fraction of sp³-hybridized carbons (Fsp3) is 0.960. The molecular formula is C25H39ClF3N5O3S. The van der Waals surface area contributed by atoms with Crippen LogP contribution in [0.15, 0.2) is 0 Å². The molecule has 0 aromatic rings. The van der Waals surface area contributed by atoms with E-state index in [2.05, 4.69) is 20.7 Å². The highest BCUT2D eigenvalue weighted by atomic mass is 35.5. The predicted molar refractivity (Wildman–Crippen MR) is 137 cm³/mol. The van der Waals surface area contributed by atoms with Crippen LogP contribution in [0.3, 0.4) is 0 Å². The quantitative estimate of drug-likeness (QED) is 0.389. The number of hydrogen-bond acceptors (Lipinski definition) is 7. The highest BCUT2D eigenvalue weighted by molar-refractivity contribution is 7.91. The topological polar surface area (TPSA) is 85.0 Å². The lowest BCUT2D eigenvalue weighted by atomic mass is 9.78. The zero-order valence-corrected chi connectivity index (χ0v) is 23.4. The van der Waals surface area contributed by atoms with Gasteiger partial charge in [-0.1, -0.05) is 0 Å². The number of likely N-dealkylation sites (tertiary alicyclic amines) is 1. The van der Waals surface area contributed by atoms with Gasteiger partial charge in [0.1, 0.15) is 6.04 Å². The molecular weight excluding hydrogens is 543 g/mol. The lowest BCUT2D eigenvalue weighted by Crippen LogP contribution is -2.70. The number of carbonyl (C=O) groups is 1. The lowest BCUT2D eigenvalue weighted by Gasteiger charge is -2.53. The van der Waals surface area contributed by atoms with Crippen molar-refractivity contribution in [2.75, 3.05) is 31.6 Å². The minimum absolute atomic E-state index is 0.0713. The van der Waals surface area contributed by atoms with E-state index in [1.807, 2.05) is 0 Å². The molecule has 0 radical (unpaired) electrons. The van der Waals surface area contributed by atoms with Crippen LogP contribution >= 0.6 is 11.6 Å². The normalized spacial score (nSPS) is 41.4. The zero-order valence-electron chi connectivity index (χ0n) is 21.8. The number of hydrogen-bond donors (Lipinski definition) is 2. The Labute approximate surface area is 227 Å². The van der Waals surface area contributed by atoms with Crippen LogP contribution in [-0.4, -0.2) is 103 Å². The van der Waals surface area contributed by atoms with Gasteiger partial charge in [0, 0.05) is 38.1 Å². The summed E-state index contributed by atoms with van der Waals surface area (Å²) in [6, 6.07) is -1.04. The van der Waals surface area contributed by atoms with Crippen molar-refractivity contribution in [1.82, 2.24) is 25.6 Å². The second-order valence-electron chi connectivity index (χ2n) is 12.7. The van der Waals surface area contributed by atoms with Gasteiger partial charge in [0.15, 0.2) is 9.84 Å². The summed E-state index contributed by atoms with van der Waals surface area (Å²) in [6.45, 7) is 1.80. The number of halogens is 4. The zero-order chi connectivity index (χ0) is 27.0. The lowest BCUT2D eigenvalue weighted by molar-refractivity contribution is -0.203. The number of alkyl halides is 4. The van der Waals surface area contributed by atoms with Gasteiger partial charge in [0.2, 0.25) is 5.91 Å². The molecule has 6 atom stereocenters. The van der Waals surface area contributed by atoms with Gasteiger partial charge < -0.3 is 4.90 Å². The molecule has 6 fully saturated rings. The number of rotatable bonds is 4. The summed E-state index contributed by atoms with van der Waals surface area (Å²) in [5, 5.41) is 5.86. The van der Waals surface area contributed by atoms with Crippen LogP contribution in [0.4, 0.5) is 13.2 Å². The Hall–Kier alpha value is -0.660. The fourth-order valence-electron chi connectivity index (χ4n) is 8.42. The standard InChI is InChI=1S/C25H39ClF3N5O3S/c1-32(23(35)17-13-38(36,37)14-24(17)8-9-24)22(25(27,28)29)15-4-6-16(7-5-15)33-10-2-3-18-19(33)12-30-21-11-20(26)31-34(18)21/h15-22,30-31H,2-14H2,1H3/t15?,16?,17-,18?,19?,20?,21?,22+/m1/s1. The third-order valence-electron chi connectivity index (χ3n) is 10.4. The summed E-state index contributed by atoms with van der Waals surface area (Å²) in [5.41, 5.74) is 2.66. The molecule has 1 spiro atoms. The highest BCUT2D eigenvalue weighted by Crippen LogP contribution is 2.58. The number of carbonyl (C=O) groups excluding carboxylic acids is 1. The van der Waals surface area contributed by atoms with E-state index in [-0.39, 0.29) is 35.3 Å². The molecule has 4 saturated heterocycles. The maximum Gasteiger partial charge on any atom is 0.409 e. The Morgan fingerprint density at radius 2 is 1.84 bits per heavy atom. The predicted octanol–water partition coefficient (Wildman–Crippen LogP) is 2.30. The first-order chi connectivity index (χ1) is 17.9. The molecule has 38 heavy (non-hydrogen) atoms. The number of piperidine rings is 1. The van der Waals surface area contributed by atoms with Crippen molar-refractivity contribution >= 4 is 27.3 Å². The van der Waals surface area contributed by atoms with Crippen LogP contribution in [0, 0.1) is 17.3 Å². The third-order valence-corrected chi connectivity index (χ3v) is 12.5. The van der Waals surface area contributed by atoms with Gasteiger partial charge in [0.25, 0.3) is 0 Å². The molecule has 4 heterocycles. The average Bonchev–Trinajstić information content (AvgIpc) is 3.41. The molecule has 4 unspecified atom stereocenters. The van der Waals surface area contributed by atoms with Gasteiger partial charge >= 0.3 is 6.18 Å². The molecule has 2 N–H and O–H groups in total. The number of sulfone groups is 1. The largest absolute Gasteiger partial charge is 0.409 e. The van der Waals surface area contributed by atoms with Crippen LogP contribution in [0.1, 0.15) is 57.8 Å². The second kappa shape index (κ2) is 9.72. The van der Waals surface area contributed by atoms with E-state index >= 15 is 0 Å². The Morgan fingerprint density at radius 3 is 2.50 bits per heavy atom. The SMILES string of the molecule is CN(C(=O)[C@H]1CS(=O)(=O)CC12CC2)[C@@H](C1CCC(N2CCCC3C2CNC2CC(Cl)NN23)CC1)C(F)(F)F. The van der Waals surface area contributed by atoms with Crippen molar-refractivity contribution in [3.05, 3.63) is 0 Å². The van der Waals surface area contributed by atoms with Gasteiger partial charge in [-0.05, 0) is 69.2 Å². The van der Waals surface area contributed by atoms with E-state index < -0.39 is 45.2 Å². The van der Waals surface area contributed by atoms with Crippen molar-refractivity contribution in [1.29, 1.82) is 0 Å². The van der Waals surface area contributed by atoms with Gasteiger partial charge in [-0.15, -0.1) is 11.6 Å². The second-order valence-corrected chi connectivity index (χ2v) is 15.3. The van der Waals surface area contributed by atoms with Crippen molar-refractivity contribution in [2.24, 2.45) is 17.3 Å². The van der Waals surface area contributed by atoms with E-state index in [1.165, 1.54) is 7.05 Å². The smallest absolute Gasteiger partial charge is 0.333 e.